The number of hydrogen-bond acceptors (Lipinski definition) is 2. The van der Waals surface area contributed by atoms with Crippen LogP contribution in [0.4, 0.5) is 0 Å². The maximum Gasteiger partial charge on any atom is 0.0493 e. The van der Waals surface area contributed by atoms with E-state index in [4.69, 9.17) is 0 Å². The van der Waals surface area contributed by atoms with Gasteiger partial charge in [0.1, 0.15) is 0 Å². The molecule has 0 bridgehead atoms. The topological polar surface area (TPSA) is 24.4 Å². The van der Waals surface area contributed by atoms with E-state index in [0.717, 1.165) is 17.8 Å². The predicted molar refractivity (Wildman–Crippen MR) is 59.9 cm³/mol. The Morgan fingerprint density at radius 2 is 2.15 bits per heavy atom. The van der Waals surface area contributed by atoms with Gasteiger partial charge in [0.05, 0.1) is 0 Å². The summed E-state index contributed by atoms with van der Waals surface area (Å²) in [6, 6.07) is 0.175. The van der Waals surface area contributed by atoms with Gasteiger partial charge in [0, 0.05) is 30.1 Å². The highest BCUT2D eigenvalue weighted by Crippen LogP contribution is 2.06. The van der Waals surface area contributed by atoms with E-state index in [1.807, 2.05) is 19.9 Å². The van der Waals surface area contributed by atoms with Crippen LogP contribution in [0.1, 0.15) is 20.3 Å². The van der Waals surface area contributed by atoms with Crippen molar-refractivity contribution in [3.8, 4) is 0 Å². The van der Waals surface area contributed by atoms with Gasteiger partial charge in [-0.15, -0.1) is 6.58 Å². The molecule has 0 aromatic carbocycles. The van der Waals surface area contributed by atoms with Gasteiger partial charge in [-0.05, 0) is 13.8 Å². The summed E-state index contributed by atoms with van der Waals surface area (Å²) in [5.41, 5.74) is 1.78. The van der Waals surface area contributed by atoms with E-state index in [-0.39, 0.29) is 6.04 Å². The van der Waals surface area contributed by atoms with Crippen molar-refractivity contribution in [2.45, 2.75) is 26.3 Å². The number of rotatable bonds is 6. The van der Waals surface area contributed by atoms with Gasteiger partial charge in [0.15, 0.2) is 0 Å². The summed E-state index contributed by atoms with van der Waals surface area (Å²) in [6.45, 7) is 15.1. The van der Waals surface area contributed by atoms with Crippen molar-refractivity contribution in [2.75, 3.05) is 0 Å². The second kappa shape index (κ2) is 6.23. The van der Waals surface area contributed by atoms with E-state index in [9.17, 15) is 0 Å². The van der Waals surface area contributed by atoms with Crippen LogP contribution >= 0.6 is 0 Å². The lowest BCUT2D eigenvalue weighted by Gasteiger charge is -2.15. The van der Waals surface area contributed by atoms with Gasteiger partial charge < -0.3 is 5.32 Å². The molecule has 0 aromatic heterocycles. The summed E-state index contributed by atoms with van der Waals surface area (Å²) in [5, 5.41) is 3.17. The molecule has 0 aliphatic rings. The van der Waals surface area contributed by atoms with Crippen molar-refractivity contribution in [3.63, 3.8) is 0 Å². The summed E-state index contributed by atoms with van der Waals surface area (Å²) in [7, 11) is 0. The lowest BCUT2D eigenvalue weighted by molar-refractivity contribution is 0.663. The summed E-state index contributed by atoms with van der Waals surface area (Å²) >= 11 is 0. The molecule has 0 saturated heterocycles. The van der Waals surface area contributed by atoms with Crippen LogP contribution in [0.3, 0.4) is 0 Å². The van der Waals surface area contributed by atoms with Crippen molar-refractivity contribution in [2.24, 2.45) is 4.99 Å². The lowest BCUT2D eigenvalue weighted by atomic mass is 10.1. The zero-order valence-electron chi connectivity index (χ0n) is 8.51. The normalized spacial score (nSPS) is 12.5. The molecular formula is C11H18N2. The quantitative estimate of drug-likeness (QED) is 0.491. The molecule has 0 aromatic rings. The Morgan fingerprint density at radius 1 is 1.54 bits per heavy atom. The summed E-state index contributed by atoms with van der Waals surface area (Å²) in [5.74, 6) is 0. The smallest absolute Gasteiger partial charge is 0.0493 e. The van der Waals surface area contributed by atoms with Crippen LogP contribution in [0.5, 0.6) is 0 Å². The van der Waals surface area contributed by atoms with Crippen LogP contribution in [0.15, 0.2) is 42.2 Å². The first-order chi connectivity index (χ1) is 6.10. The van der Waals surface area contributed by atoms with Gasteiger partial charge in [-0.2, -0.15) is 0 Å². The molecule has 2 nitrogen and oxygen atoms in total. The molecule has 13 heavy (non-hydrogen) atoms. The second-order valence-corrected chi connectivity index (χ2v) is 2.92. The molecule has 0 amide bonds. The first-order valence-electron chi connectivity index (χ1n) is 4.31. The molecule has 1 atom stereocenters. The Balaban J connectivity index is 4.04. The van der Waals surface area contributed by atoms with Gasteiger partial charge in [-0.25, -0.2) is 0 Å². The Hall–Kier alpha value is -1.31. The molecule has 0 saturated carbocycles. The first-order valence-corrected chi connectivity index (χ1v) is 4.31. The minimum absolute atomic E-state index is 0.175. The van der Waals surface area contributed by atoms with Crippen LogP contribution in [0.25, 0.3) is 0 Å². The summed E-state index contributed by atoms with van der Waals surface area (Å²) in [4.78, 5) is 4.08. The van der Waals surface area contributed by atoms with E-state index in [2.05, 4.69) is 30.0 Å². The van der Waals surface area contributed by atoms with Crippen LogP contribution in [-0.2, 0) is 0 Å². The maximum absolute atomic E-state index is 4.08. The minimum atomic E-state index is 0.175. The largest absolute Gasteiger partial charge is 0.382 e. The van der Waals surface area contributed by atoms with Gasteiger partial charge in [0.25, 0.3) is 0 Å². The maximum atomic E-state index is 4.08. The fraction of sp³-hybridized carbons (Fsp3) is 0.364. The minimum Gasteiger partial charge on any atom is -0.382 e. The van der Waals surface area contributed by atoms with Crippen molar-refractivity contribution >= 4 is 6.21 Å². The summed E-state index contributed by atoms with van der Waals surface area (Å²) < 4.78 is 0. The summed E-state index contributed by atoms with van der Waals surface area (Å²) in [6.07, 6.45) is 4.34. The first kappa shape index (κ1) is 11.7. The zero-order valence-corrected chi connectivity index (χ0v) is 8.51. The van der Waals surface area contributed by atoms with Gasteiger partial charge in [-0.1, -0.05) is 19.2 Å². The van der Waals surface area contributed by atoms with Gasteiger partial charge in [0.2, 0.25) is 0 Å². The van der Waals surface area contributed by atoms with Crippen LogP contribution in [0, 0.1) is 0 Å². The van der Waals surface area contributed by atoms with Crippen LogP contribution in [-0.4, -0.2) is 12.3 Å². The molecule has 0 aliphatic carbocycles. The molecule has 1 N–H and O–H groups in total. The molecule has 0 radical (unpaired) electrons. The standard InChI is InChI=1S/C11H18N2/c1-6-11(13-9(3)4)8-10(5)12-7-2/h6-7,11,13H,1,3,5,8H2,2,4H3/b12-7-. The number of aliphatic imine (C=N–C) groups is 1. The van der Waals surface area contributed by atoms with E-state index >= 15 is 0 Å². The molecule has 72 valence electrons. The predicted octanol–water partition coefficient (Wildman–Crippen LogP) is 2.66. The van der Waals surface area contributed by atoms with E-state index in [1.165, 1.54) is 0 Å². The molecular weight excluding hydrogens is 160 g/mol. The van der Waals surface area contributed by atoms with Crippen molar-refractivity contribution in [1.29, 1.82) is 0 Å². The third kappa shape index (κ3) is 5.91. The molecule has 0 rings (SSSR count). The second-order valence-electron chi connectivity index (χ2n) is 2.92. The highest BCUT2D eigenvalue weighted by Gasteiger charge is 2.03. The third-order valence-electron chi connectivity index (χ3n) is 1.48. The number of allylic oxidation sites excluding steroid dienone is 1. The fourth-order valence-electron chi connectivity index (χ4n) is 0.999. The SMILES string of the molecule is C=CC(CC(=C)/N=C\C)NC(=C)C. The molecule has 0 spiro atoms. The van der Waals surface area contributed by atoms with Crippen molar-refractivity contribution in [3.05, 3.63) is 37.2 Å². The Bertz CT molecular complexity index is 226. The lowest BCUT2D eigenvalue weighted by Crippen LogP contribution is -2.24. The molecule has 2 heteroatoms. The number of nitrogens with zero attached hydrogens (tertiary/aromatic N) is 1. The van der Waals surface area contributed by atoms with E-state index in [0.29, 0.717) is 0 Å². The average molecular weight is 178 g/mol. The zero-order chi connectivity index (χ0) is 10.3. The monoisotopic (exact) mass is 178 g/mol. The highest BCUT2D eigenvalue weighted by molar-refractivity contribution is 5.55. The molecule has 0 heterocycles. The Morgan fingerprint density at radius 3 is 2.54 bits per heavy atom. The number of hydrogen-bond donors (Lipinski definition) is 1. The van der Waals surface area contributed by atoms with Gasteiger partial charge in [-0.3, -0.25) is 4.99 Å². The number of nitrogens with one attached hydrogen (secondary N) is 1. The van der Waals surface area contributed by atoms with Crippen molar-refractivity contribution in [1.82, 2.24) is 5.32 Å². The fourth-order valence-corrected chi connectivity index (χ4v) is 0.999. The van der Waals surface area contributed by atoms with Gasteiger partial charge >= 0.3 is 0 Å². The Labute approximate surface area is 80.8 Å². The van der Waals surface area contributed by atoms with Crippen LogP contribution in [0.2, 0.25) is 0 Å². The van der Waals surface area contributed by atoms with Crippen LogP contribution < -0.4 is 5.32 Å². The highest BCUT2D eigenvalue weighted by atomic mass is 14.9. The average Bonchev–Trinajstić information content (AvgIpc) is 2.02. The molecule has 0 fully saturated rings. The molecule has 1 unspecified atom stereocenters. The van der Waals surface area contributed by atoms with E-state index in [1.54, 1.807) is 6.21 Å². The van der Waals surface area contributed by atoms with Crippen molar-refractivity contribution < 1.29 is 0 Å². The Kier molecular flexibility index (Phi) is 5.60. The third-order valence-corrected chi connectivity index (χ3v) is 1.48. The molecule has 0 aliphatic heterocycles. The van der Waals surface area contributed by atoms with E-state index < -0.39 is 0 Å².